The van der Waals surface area contributed by atoms with E-state index in [4.69, 9.17) is 6.42 Å². The van der Waals surface area contributed by atoms with Crippen molar-refractivity contribution in [2.45, 2.75) is 13.5 Å². The van der Waals surface area contributed by atoms with Crippen molar-refractivity contribution in [3.8, 4) is 12.3 Å². The molecule has 0 bridgehead atoms. The number of rotatable bonds is 3. The molecule has 0 fully saturated rings. The van der Waals surface area contributed by atoms with Crippen LogP contribution in [-0.4, -0.2) is 24.6 Å². The minimum absolute atomic E-state index is 0.264. The summed E-state index contributed by atoms with van der Waals surface area (Å²) in [6, 6.07) is 13.5. The van der Waals surface area contributed by atoms with Gasteiger partial charge in [-0.2, -0.15) is 4.99 Å². The molecule has 0 radical (unpaired) electrons. The minimum Gasteiger partial charge on any atom is -0.378 e. The Bertz CT molecular complexity index is 1030. The number of para-hydroxylation sites is 1. The quantitative estimate of drug-likeness (QED) is 0.679. The molecule has 0 unspecified atom stereocenters. The molecule has 0 spiro atoms. The van der Waals surface area contributed by atoms with E-state index >= 15 is 0 Å². The number of aromatic nitrogens is 1. The zero-order valence-electron chi connectivity index (χ0n) is 14.5. The first-order valence-electron chi connectivity index (χ1n) is 7.90. The van der Waals surface area contributed by atoms with Crippen LogP contribution in [0.25, 0.3) is 10.2 Å². The first-order chi connectivity index (χ1) is 12.0. The molecule has 0 aliphatic carbocycles. The second-order valence-electron chi connectivity index (χ2n) is 5.95. The SMILES string of the molecule is C#CCn1c(=NC(=O)c2ccc(N(C)C)cc2)sc2cccc(C)c21. The van der Waals surface area contributed by atoms with Crippen LogP contribution in [0, 0.1) is 19.3 Å². The van der Waals surface area contributed by atoms with Crippen LogP contribution in [0.5, 0.6) is 0 Å². The lowest BCUT2D eigenvalue weighted by molar-refractivity contribution is 0.0998. The van der Waals surface area contributed by atoms with E-state index in [2.05, 4.69) is 10.9 Å². The molecule has 0 N–H and O–H groups in total. The molecule has 0 aliphatic rings. The first-order valence-corrected chi connectivity index (χ1v) is 8.72. The van der Waals surface area contributed by atoms with Gasteiger partial charge in [-0.1, -0.05) is 29.4 Å². The van der Waals surface area contributed by atoms with Crippen molar-refractivity contribution in [1.82, 2.24) is 4.57 Å². The van der Waals surface area contributed by atoms with Gasteiger partial charge in [0, 0.05) is 25.3 Å². The van der Waals surface area contributed by atoms with Gasteiger partial charge in [-0.3, -0.25) is 4.79 Å². The summed E-state index contributed by atoms with van der Waals surface area (Å²) in [5.41, 5.74) is 3.76. The Labute approximate surface area is 151 Å². The average Bonchev–Trinajstić information content (AvgIpc) is 2.94. The van der Waals surface area contributed by atoms with Gasteiger partial charge in [-0.05, 0) is 42.8 Å². The number of carbonyl (C=O) groups excluding carboxylic acids is 1. The number of aryl methyl sites for hydroxylation is 1. The van der Waals surface area contributed by atoms with Gasteiger partial charge in [0.05, 0.1) is 16.8 Å². The topological polar surface area (TPSA) is 37.6 Å². The van der Waals surface area contributed by atoms with Crippen molar-refractivity contribution in [3.05, 3.63) is 58.4 Å². The summed E-state index contributed by atoms with van der Waals surface area (Å²) in [6.07, 6.45) is 5.52. The predicted molar refractivity (Wildman–Crippen MR) is 104 cm³/mol. The lowest BCUT2D eigenvalue weighted by Crippen LogP contribution is -2.17. The predicted octanol–water partition coefficient (Wildman–Crippen LogP) is 3.45. The van der Waals surface area contributed by atoms with E-state index in [-0.39, 0.29) is 5.91 Å². The molecule has 126 valence electrons. The monoisotopic (exact) mass is 349 g/mol. The van der Waals surface area contributed by atoms with Gasteiger partial charge >= 0.3 is 0 Å². The summed E-state index contributed by atoms with van der Waals surface area (Å²) in [5.74, 6) is 2.39. The highest BCUT2D eigenvalue weighted by molar-refractivity contribution is 7.16. The van der Waals surface area contributed by atoms with E-state index in [0.29, 0.717) is 16.9 Å². The van der Waals surface area contributed by atoms with Crippen molar-refractivity contribution in [1.29, 1.82) is 0 Å². The Hall–Kier alpha value is -2.84. The smallest absolute Gasteiger partial charge is 0.279 e. The Morgan fingerprint density at radius 3 is 2.60 bits per heavy atom. The van der Waals surface area contributed by atoms with Crippen LogP contribution in [0.1, 0.15) is 15.9 Å². The number of terminal acetylenes is 1. The number of anilines is 1. The number of benzene rings is 2. The molecule has 1 heterocycles. The van der Waals surface area contributed by atoms with E-state index < -0.39 is 0 Å². The normalized spacial score (nSPS) is 11.5. The molecule has 5 heteroatoms. The maximum atomic E-state index is 12.6. The maximum Gasteiger partial charge on any atom is 0.279 e. The van der Waals surface area contributed by atoms with Crippen LogP contribution >= 0.6 is 11.3 Å². The molecule has 2 aromatic carbocycles. The molecule has 0 aliphatic heterocycles. The summed E-state index contributed by atoms with van der Waals surface area (Å²) in [4.78, 5) is 19.5. The van der Waals surface area contributed by atoms with Crippen LogP contribution < -0.4 is 9.70 Å². The fourth-order valence-corrected chi connectivity index (χ4v) is 3.79. The third-order valence-electron chi connectivity index (χ3n) is 3.98. The largest absolute Gasteiger partial charge is 0.378 e. The Morgan fingerprint density at radius 2 is 1.96 bits per heavy atom. The van der Waals surface area contributed by atoms with E-state index in [9.17, 15) is 4.79 Å². The van der Waals surface area contributed by atoms with Gasteiger partial charge < -0.3 is 9.47 Å². The summed E-state index contributed by atoms with van der Waals surface area (Å²) >= 11 is 1.48. The fraction of sp³-hybridized carbons (Fsp3) is 0.200. The lowest BCUT2D eigenvalue weighted by Gasteiger charge is -2.11. The lowest BCUT2D eigenvalue weighted by atomic mass is 10.2. The highest BCUT2D eigenvalue weighted by Crippen LogP contribution is 2.21. The average molecular weight is 349 g/mol. The highest BCUT2D eigenvalue weighted by atomic mass is 32.1. The summed E-state index contributed by atoms with van der Waals surface area (Å²) < 4.78 is 3.01. The standard InChI is InChI=1S/C20H19N3OS/c1-5-13-23-18-14(2)7-6-8-17(18)25-20(23)21-19(24)15-9-11-16(12-10-15)22(3)4/h1,6-12H,13H2,2-4H3. The molecule has 3 rings (SSSR count). The maximum absolute atomic E-state index is 12.6. The third kappa shape index (κ3) is 3.35. The van der Waals surface area contributed by atoms with E-state index in [1.165, 1.54) is 11.3 Å². The molecule has 0 saturated heterocycles. The molecule has 1 amide bonds. The second kappa shape index (κ2) is 6.96. The van der Waals surface area contributed by atoms with Crippen molar-refractivity contribution >= 4 is 33.1 Å². The molecule has 4 nitrogen and oxygen atoms in total. The van der Waals surface area contributed by atoms with E-state index in [1.54, 1.807) is 12.1 Å². The number of amides is 1. The van der Waals surface area contributed by atoms with Crippen molar-refractivity contribution in [3.63, 3.8) is 0 Å². The van der Waals surface area contributed by atoms with Crippen molar-refractivity contribution in [2.75, 3.05) is 19.0 Å². The van der Waals surface area contributed by atoms with Crippen LogP contribution in [-0.2, 0) is 6.54 Å². The fourth-order valence-electron chi connectivity index (χ4n) is 2.68. The summed E-state index contributed by atoms with van der Waals surface area (Å²) in [5, 5.41) is 0. The Balaban J connectivity index is 2.08. The van der Waals surface area contributed by atoms with Gasteiger partial charge in [-0.15, -0.1) is 6.42 Å². The highest BCUT2D eigenvalue weighted by Gasteiger charge is 2.10. The van der Waals surface area contributed by atoms with Gasteiger partial charge in [-0.25, -0.2) is 0 Å². The van der Waals surface area contributed by atoms with Crippen LogP contribution in [0.3, 0.4) is 0 Å². The Morgan fingerprint density at radius 1 is 1.24 bits per heavy atom. The molecule has 1 aromatic heterocycles. The van der Waals surface area contributed by atoms with Gasteiger partial charge in [0.1, 0.15) is 0 Å². The van der Waals surface area contributed by atoms with E-state index in [0.717, 1.165) is 21.5 Å². The molecular weight excluding hydrogens is 330 g/mol. The number of thiazole rings is 1. The van der Waals surface area contributed by atoms with Crippen molar-refractivity contribution in [2.24, 2.45) is 4.99 Å². The van der Waals surface area contributed by atoms with Gasteiger partial charge in [0.15, 0.2) is 4.80 Å². The number of hydrogen-bond donors (Lipinski definition) is 0. The van der Waals surface area contributed by atoms with E-state index in [1.807, 2.05) is 60.8 Å². The molecular formula is C20H19N3OS. The zero-order chi connectivity index (χ0) is 18.0. The minimum atomic E-state index is -0.264. The Kier molecular flexibility index (Phi) is 4.73. The summed E-state index contributed by atoms with van der Waals surface area (Å²) in [7, 11) is 3.92. The molecule has 0 atom stereocenters. The first kappa shape index (κ1) is 17.0. The number of fused-ring (bicyclic) bond motifs is 1. The van der Waals surface area contributed by atoms with Crippen molar-refractivity contribution < 1.29 is 4.79 Å². The number of nitrogens with zero attached hydrogens (tertiary/aromatic N) is 3. The van der Waals surface area contributed by atoms with Crippen LogP contribution in [0.2, 0.25) is 0 Å². The molecule has 3 aromatic rings. The van der Waals surface area contributed by atoms with Gasteiger partial charge in [0.25, 0.3) is 5.91 Å². The molecule has 25 heavy (non-hydrogen) atoms. The van der Waals surface area contributed by atoms with Crippen LogP contribution in [0.15, 0.2) is 47.5 Å². The van der Waals surface area contributed by atoms with Gasteiger partial charge in [0.2, 0.25) is 0 Å². The van der Waals surface area contributed by atoms with Crippen LogP contribution in [0.4, 0.5) is 5.69 Å². The number of hydrogen-bond acceptors (Lipinski definition) is 3. The summed E-state index contributed by atoms with van der Waals surface area (Å²) in [6.45, 7) is 2.42. The third-order valence-corrected chi connectivity index (χ3v) is 5.02. The second-order valence-corrected chi connectivity index (χ2v) is 6.96. The zero-order valence-corrected chi connectivity index (χ0v) is 15.3. The number of carbonyl (C=O) groups is 1. The molecule has 0 saturated carbocycles.